The van der Waals surface area contributed by atoms with Crippen molar-refractivity contribution in [3.8, 4) is 11.4 Å². The van der Waals surface area contributed by atoms with Gasteiger partial charge in [0.25, 0.3) is 5.91 Å². The van der Waals surface area contributed by atoms with Gasteiger partial charge in [-0.3, -0.25) is 4.79 Å². The number of aromatic nitrogens is 2. The van der Waals surface area contributed by atoms with Gasteiger partial charge in [0.2, 0.25) is 0 Å². The van der Waals surface area contributed by atoms with Gasteiger partial charge < -0.3 is 15.5 Å². The standard InChI is InChI=1S/C19H25N5O/c1-24(2)12-6-11-20-19(25)16-13-17(21-15-9-10-15)23-18(22-16)14-7-4-3-5-8-14/h3-5,7-8,13,15H,6,9-12H2,1-2H3,(H,20,25)(H,21,22,23). The number of benzene rings is 1. The Morgan fingerprint density at radius 3 is 2.64 bits per heavy atom. The van der Waals surface area contributed by atoms with Crippen LogP contribution in [0.4, 0.5) is 5.82 Å². The molecule has 0 radical (unpaired) electrons. The highest BCUT2D eigenvalue weighted by molar-refractivity contribution is 5.93. The van der Waals surface area contributed by atoms with Crippen molar-refractivity contribution in [1.82, 2.24) is 20.2 Å². The van der Waals surface area contributed by atoms with Crippen LogP contribution < -0.4 is 10.6 Å². The molecule has 1 aromatic carbocycles. The molecule has 1 heterocycles. The zero-order valence-electron chi connectivity index (χ0n) is 14.8. The maximum Gasteiger partial charge on any atom is 0.270 e. The SMILES string of the molecule is CN(C)CCCNC(=O)c1cc(NC2CC2)nc(-c2ccccc2)n1. The summed E-state index contributed by atoms with van der Waals surface area (Å²) in [4.78, 5) is 23.6. The second-order valence-electron chi connectivity index (χ2n) is 6.66. The first-order chi connectivity index (χ1) is 12.1. The molecule has 0 saturated heterocycles. The molecule has 1 aliphatic carbocycles. The summed E-state index contributed by atoms with van der Waals surface area (Å²) in [5.74, 6) is 1.14. The number of amides is 1. The molecule has 1 saturated carbocycles. The minimum Gasteiger partial charge on any atom is -0.367 e. The lowest BCUT2D eigenvalue weighted by Gasteiger charge is -2.11. The summed E-state index contributed by atoms with van der Waals surface area (Å²) in [6.07, 6.45) is 3.20. The molecule has 1 amide bonds. The fraction of sp³-hybridized carbons (Fsp3) is 0.421. The van der Waals surface area contributed by atoms with E-state index in [0.29, 0.717) is 24.1 Å². The highest BCUT2D eigenvalue weighted by Crippen LogP contribution is 2.25. The van der Waals surface area contributed by atoms with Crippen LogP contribution >= 0.6 is 0 Å². The van der Waals surface area contributed by atoms with Crippen LogP contribution in [0.15, 0.2) is 36.4 Å². The number of carbonyl (C=O) groups is 1. The number of hydrogen-bond acceptors (Lipinski definition) is 5. The van der Waals surface area contributed by atoms with Gasteiger partial charge in [0.1, 0.15) is 11.5 Å². The van der Waals surface area contributed by atoms with Crippen molar-refractivity contribution in [3.05, 3.63) is 42.1 Å². The number of hydrogen-bond donors (Lipinski definition) is 2. The molecule has 0 bridgehead atoms. The lowest BCUT2D eigenvalue weighted by Crippen LogP contribution is -2.28. The van der Waals surface area contributed by atoms with E-state index in [0.717, 1.165) is 37.2 Å². The molecule has 6 nitrogen and oxygen atoms in total. The van der Waals surface area contributed by atoms with Gasteiger partial charge in [0, 0.05) is 24.2 Å². The largest absolute Gasteiger partial charge is 0.367 e. The Balaban J connectivity index is 1.76. The molecule has 2 aromatic rings. The Kier molecular flexibility index (Phi) is 5.60. The summed E-state index contributed by atoms with van der Waals surface area (Å²) >= 11 is 0. The maximum atomic E-state index is 12.5. The predicted molar refractivity (Wildman–Crippen MR) is 99.6 cm³/mol. The molecule has 0 spiro atoms. The molecular weight excluding hydrogens is 314 g/mol. The maximum absolute atomic E-state index is 12.5. The highest BCUT2D eigenvalue weighted by atomic mass is 16.1. The summed E-state index contributed by atoms with van der Waals surface area (Å²) in [5.41, 5.74) is 1.31. The Morgan fingerprint density at radius 2 is 1.96 bits per heavy atom. The van der Waals surface area contributed by atoms with Gasteiger partial charge in [-0.15, -0.1) is 0 Å². The molecule has 0 aliphatic heterocycles. The average molecular weight is 339 g/mol. The minimum absolute atomic E-state index is 0.155. The fourth-order valence-electron chi connectivity index (χ4n) is 2.48. The molecule has 6 heteroatoms. The molecule has 3 rings (SSSR count). The van der Waals surface area contributed by atoms with Crippen LogP contribution in [0.3, 0.4) is 0 Å². The smallest absolute Gasteiger partial charge is 0.270 e. The number of anilines is 1. The van der Waals surface area contributed by atoms with Crippen LogP contribution in [0.25, 0.3) is 11.4 Å². The van der Waals surface area contributed by atoms with E-state index in [4.69, 9.17) is 0 Å². The zero-order chi connectivity index (χ0) is 17.6. The van der Waals surface area contributed by atoms with Gasteiger partial charge in [-0.2, -0.15) is 0 Å². The van der Waals surface area contributed by atoms with Crippen molar-refractivity contribution in [2.45, 2.75) is 25.3 Å². The van der Waals surface area contributed by atoms with E-state index in [1.807, 2.05) is 44.4 Å². The molecule has 0 unspecified atom stereocenters. The molecule has 1 fully saturated rings. The van der Waals surface area contributed by atoms with Crippen molar-refractivity contribution >= 4 is 11.7 Å². The second kappa shape index (κ2) is 8.07. The van der Waals surface area contributed by atoms with Crippen LogP contribution in [-0.2, 0) is 0 Å². The van der Waals surface area contributed by atoms with Gasteiger partial charge >= 0.3 is 0 Å². The van der Waals surface area contributed by atoms with Crippen LogP contribution in [0.5, 0.6) is 0 Å². The Hall–Kier alpha value is -2.47. The van der Waals surface area contributed by atoms with Crippen molar-refractivity contribution < 1.29 is 4.79 Å². The van der Waals surface area contributed by atoms with E-state index < -0.39 is 0 Å². The van der Waals surface area contributed by atoms with Crippen LogP contribution in [-0.4, -0.2) is 54.0 Å². The molecule has 1 aliphatic rings. The van der Waals surface area contributed by atoms with Crippen LogP contribution in [0.1, 0.15) is 29.8 Å². The third-order valence-electron chi connectivity index (χ3n) is 3.99. The lowest BCUT2D eigenvalue weighted by atomic mass is 10.2. The third-order valence-corrected chi connectivity index (χ3v) is 3.99. The first-order valence-corrected chi connectivity index (χ1v) is 8.76. The Morgan fingerprint density at radius 1 is 1.20 bits per heavy atom. The number of rotatable bonds is 8. The van der Waals surface area contributed by atoms with Gasteiger partial charge in [-0.25, -0.2) is 9.97 Å². The topological polar surface area (TPSA) is 70.2 Å². The predicted octanol–water partition coefficient (Wildman–Crippen LogP) is 2.40. The fourth-order valence-corrected chi connectivity index (χ4v) is 2.48. The molecular formula is C19H25N5O. The molecule has 25 heavy (non-hydrogen) atoms. The quantitative estimate of drug-likeness (QED) is 0.723. The van der Waals surface area contributed by atoms with E-state index in [1.165, 1.54) is 0 Å². The Labute approximate surface area is 148 Å². The van der Waals surface area contributed by atoms with Gasteiger partial charge in [0.15, 0.2) is 5.82 Å². The summed E-state index contributed by atoms with van der Waals surface area (Å²) in [7, 11) is 4.04. The number of nitrogens with zero attached hydrogens (tertiary/aromatic N) is 3. The van der Waals surface area contributed by atoms with Crippen molar-refractivity contribution in [1.29, 1.82) is 0 Å². The molecule has 1 aromatic heterocycles. The van der Waals surface area contributed by atoms with Gasteiger partial charge in [-0.05, 0) is 39.9 Å². The van der Waals surface area contributed by atoms with E-state index in [-0.39, 0.29) is 5.91 Å². The first kappa shape index (κ1) is 17.4. The van der Waals surface area contributed by atoms with Crippen LogP contribution in [0, 0.1) is 0 Å². The normalized spacial score (nSPS) is 13.7. The number of carbonyl (C=O) groups excluding carboxylic acids is 1. The van der Waals surface area contributed by atoms with E-state index in [1.54, 1.807) is 6.07 Å². The summed E-state index contributed by atoms with van der Waals surface area (Å²) < 4.78 is 0. The van der Waals surface area contributed by atoms with E-state index in [2.05, 4.69) is 25.5 Å². The average Bonchev–Trinajstić information content (AvgIpc) is 3.43. The molecule has 132 valence electrons. The summed E-state index contributed by atoms with van der Waals surface area (Å²) in [6.45, 7) is 1.57. The molecule has 0 atom stereocenters. The van der Waals surface area contributed by atoms with Crippen molar-refractivity contribution in [3.63, 3.8) is 0 Å². The monoisotopic (exact) mass is 339 g/mol. The number of nitrogens with one attached hydrogen (secondary N) is 2. The summed E-state index contributed by atoms with van der Waals surface area (Å²) in [6, 6.07) is 12.0. The lowest BCUT2D eigenvalue weighted by molar-refractivity contribution is 0.0947. The van der Waals surface area contributed by atoms with Crippen molar-refractivity contribution in [2.75, 3.05) is 32.5 Å². The zero-order valence-corrected chi connectivity index (χ0v) is 14.8. The van der Waals surface area contributed by atoms with Gasteiger partial charge in [-0.1, -0.05) is 30.3 Å². The second-order valence-corrected chi connectivity index (χ2v) is 6.66. The summed E-state index contributed by atoms with van der Waals surface area (Å²) in [5, 5.41) is 6.31. The Bertz CT molecular complexity index is 713. The highest BCUT2D eigenvalue weighted by Gasteiger charge is 2.22. The van der Waals surface area contributed by atoms with Gasteiger partial charge in [0.05, 0.1) is 0 Å². The van der Waals surface area contributed by atoms with E-state index in [9.17, 15) is 4.79 Å². The first-order valence-electron chi connectivity index (χ1n) is 8.76. The van der Waals surface area contributed by atoms with Crippen LogP contribution in [0.2, 0.25) is 0 Å². The van der Waals surface area contributed by atoms with E-state index >= 15 is 0 Å². The molecule has 2 N–H and O–H groups in total. The minimum atomic E-state index is -0.155. The van der Waals surface area contributed by atoms with Crippen molar-refractivity contribution in [2.24, 2.45) is 0 Å². The third kappa shape index (κ3) is 5.26.